The van der Waals surface area contributed by atoms with E-state index in [2.05, 4.69) is 0 Å². The predicted molar refractivity (Wildman–Crippen MR) is 68.5 cm³/mol. The van der Waals surface area contributed by atoms with Crippen LogP contribution in [0.2, 0.25) is 0 Å². The molecule has 1 aliphatic heterocycles. The zero-order chi connectivity index (χ0) is 14.0. The van der Waals surface area contributed by atoms with Crippen LogP contribution in [0.3, 0.4) is 0 Å². The molecule has 19 heavy (non-hydrogen) atoms. The van der Waals surface area contributed by atoms with Crippen LogP contribution in [0.5, 0.6) is 0 Å². The van der Waals surface area contributed by atoms with Gasteiger partial charge in [0.1, 0.15) is 0 Å². The summed E-state index contributed by atoms with van der Waals surface area (Å²) in [5, 5.41) is 9.13. The summed E-state index contributed by atoms with van der Waals surface area (Å²) in [4.78, 5) is 24.5. The molecule has 1 aromatic rings. The summed E-state index contributed by atoms with van der Waals surface area (Å²) >= 11 is 0. The van der Waals surface area contributed by atoms with Crippen molar-refractivity contribution in [2.75, 3.05) is 0 Å². The number of carboxylic acids is 1. The number of rotatable bonds is 4. The highest BCUT2D eigenvalue weighted by Gasteiger charge is 2.47. The van der Waals surface area contributed by atoms with Crippen molar-refractivity contribution >= 4 is 12.1 Å². The van der Waals surface area contributed by atoms with Crippen LogP contribution in [0.25, 0.3) is 0 Å². The molecular formula is C14H17NO4. The SMILES string of the molecule is CC(C)[C@H]1[C@H](C(=O)O)OC(=O)N1Cc1ccccc1. The molecule has 1 aromatic carbocycles. The van der Waals surface area contributed by atoms with Crippen molar-refractivity contribution in [1.29, 1.82) is 0 Å². The summed E-state index contributed by atoms with van der Waals surface area (Å²) in [5.41, 5.74) is 0.955. The van der Waals surface area contributed by atoms with Gasteiger partial charge in [0, 0.05) is 6.54 Å². The lowest BCUT2D eigenvalue weighted by atomic mass is 9.97. The molecule has 5 nitrogen and oxygen atoms in total. The Kier molecular flexibility index (Phi) is 3.74. The fraction of sp³-hybridized carbons (Fsp3) is 0.429. The molecule has 1 heterocycles. The highest BCUT2D eigenvalue weighted by Crippen LogP contribution is 2.27. The Labute approximate surface area is 111 Å². The molecular weight excluding hydrogens is 246 g/mol. The van der Waals surface area contributed by atoms with E-state index in [1.165, 1.54) is 4.90 Å². The van der Waals surface area contributed by atoms with Crippen LogP contribution in [0.1, 0.15) is 19.4 Å². The summed E-state index contributed by atoms with van der Waals surface area (Å²) < 4.78 is 4.97. The number of carboxylic acid groups (broad SMARTS) is 1. The molecule has 0 spiro atoms. The molecule has 0 bridgehead atoms. The highest BCUT2D eigenvalue weighted by atomic mass is 16.6. The average Bonchev–Trinajstić information content (AvgIpc) is 2.68. The third-order valence-corrected chi connectivity index (χ3v) is 3.25. The van der Waals surface area contributed by atoms with Gasteiger partial charge in [-0.25, -0.2) is 9.59 Å². The smallest absolute Gasteiger partial charge is 0.411 e. The van der Waals surface area contributed by atoms with Gasteiger partial charge in [0.15, 0.2) is 0 Å². The fourth-order valence-electron chi connectivity index (χ4n) is 2.39. The van der Waals surface area contributed by atoms with Crippen LogP contribution in [0.4, 0.5) is 4.79 Å². The highest BCUT2D eigenvalue weighted by molar-refractivity contribution is 5.82. The molecule has 102 valence electrons. The Morgan fingerprint density at radius 2 is 2.00 bits per heavy atom. The molecule has 2 atom stereocenters. The molecule has 0 unspecified atom stereocenters. The first-order valence-electron chi connectivity index (χ1n) is 6.24. The first-order chi connectivity index (χ1) is 9.00. The van der Waals surface area contributed by atoms with Crippen molar-refractivity contribution in [3.05, 3.63) is 35.9 Å². The number of benzene rings is 1. The zero-order valence-corrected chi connectivity index (χ0v) is 10.9. The van der Waals surface area contributed by atoms with E-state index in [9.17, 15) is 9.59 Å². The van der Waals surface area contributed by atoms with Crippen molar-refractivity contribution in [2.45, 2.75) is 32.5 Å². The Bertz CT molecular complexity index is 472. The molecule has 0 saturated carbocycles. The van der Waals surface area contributed by atoms with E-state index >= 15 is 0 Å². The summed E-state index contributed by atoms with van der Waals surface area (Å²) in [6.45, 7) is 4.15. The quantitative estimate of drug-likeness (QED) is 0.903. The molecule has 0 aliphatic carbocycles. The zero-order valence-electron chi connectivity index (χ0n) is 10.9. The predicted octanol–water partition coefficient (Wildman–Crippen LogP) is 2.12. The number of carbonyl (C=O) groups excluding carboxylic acids is 1. The number of carbonyl (C=O) groups is 2. The third-order valence-electron chi connectivity index (χ3n) is 3.25. The van der Waals surface area contributed by atoms with Crippen molar-refractivity contribution in [3.8, 4) is 0 Å². The van der Waals surface area contributed by atoms with Crippen LogP contribution in [0, 0.1) is 5.92 Å². The standard InChI is InChI=1S/C14H17NO4/c1-9(2)11-12(13(16)17)19-14(18)15(11)8-10-6-4-3-5-7-10/h3-7,9,11-12H,8H2,1-2H3,(H,16,17)/t11-,12+/m0/s1. The topological polar surface area (TPSA) is 66.8 Å². The van der Waals surface area contributed by atoms with Crippen molar-refractivity contribution in [1.82, 2.24) is 4.90 Å². The molecule has 2 rings (SSSR count). The number of ether oxygens (including phenoxy) is 1. The minimum atomic E-state index is -1.09. The fourth-order valence-corrected chi connectivity index (χ4v) is 2.39. The van der Waals surface area contributed by atoms with E-state index in [1.807, 2.05) is 44.2 Å². The lowest BCUT2D eigenvalue weighted by molar-refractivity contribution is -0.146. The van der Waals surface area contributed by atoms with Gasteiger partial charge >= 0.3 is 12.1 Å². The van der Waals surface area contributed by atoms with Crippen molar-refractivity contribution < 1.29 is 19.4 Å². The maximum atomic E-state index is 11.8. The van der Waals surface area contributed by atoms with Gasteiger partial charge in [0.2, 0.25) is 6.10 Å². The minimum absolute atomic E-state index is 0.0104. The number of hydrogen-bond acceptors (Lipinski definition) is 3. The molecule has 1 amide bonds. The second-order valence-electron chi connectivity index (χ2n) is 4.99. The first-order valence-corrected chi connectivity index (χ1v) is 6.24. The molecule has 0 radical (unpaired) electrons. The number of nitrogens with zero attached hydrogens (tertiary/aromatic N) is 1. The van der Waals surface area contributed by atoms with E-state index < -0.39 is 24.2 Å². The summed E-state index contributed by atoms with van der Waals surface area (Å²) in [6, 6.07) is 9.03. The van der Waals surface area contributed by atoms with E-state index in [4.69, 9.17) is 9.84 Å². The van der Waals surface area contributed by atoms with Crippen LogP contribution >= 0.6 is 0 Å². The Morgan fingerprint density at radius 1 is 1.37 bits per heavy atom. The van der Waals surface area contributed by atoms with Gasteiger partial charge in [0.25, 0.3) is 0 Å². The van der Waals surface area contributed by atoms with Crippen molar-refractivity contribution in [2.24, 2.45) is 5.92 Å². The van der Waals surface area contributed by atoms with Gasteiger partial charge in [-0.05, 0) is 11.5 Å². The normalized spacial score (nSPS) is 22.7. The maximum absolute atomic E-state index is 11.8. The Balaban J connectivity index is 2.22. The van der Waals surface area contributed by atoms with Gasteiger partial charge in [-0.1, -0.05) is 44.2 Å². The first kappa shape index (κ1) is 13.4. The molecule has 1 N–H and O–H groups in total. The number of aliphatic carboxylic acids is 1. The summed E-state index contributed by atoms with van der Waals surface area (Å²) in [7, 11) is 0. The molecule has 5 heteroatoms. The van der Waals surface area contributed by atoms with E-state index in [1.54, 1.807) is 0 Å². The lowest BCUT2D eigenvalue weighted by Crippen LogP contribution is -2.43. The Morgan fingerprint density at radius 3 is 2.53 bits per heavy atom. The molecule has 1 aliphatic rings. The van der Waals surface area contributed by atoms with E-state index in [0.29, 0.717) is 6.54 Å². The van der Waals surface area contributed by atoms with Gasteiger partial charge in [-0.15, -0.1) is 0 Å². The summed E-state index contributed by atoms with van der Waals surface area (Å²) in [6.07, 6.45) is -1.65. The van der Waals surface area contributed by atoms with Crippen LogP contribution in [-0.2, 0) is 16.1 Å². The van der Waals surface area contributed by atoms with Crippen LogP contribution in [0.15, 0.2) is 30.3 Å². The number of hydrogen-bond donors (Lipinski definition) is 1. The van der Waals surface area contributed by atoms with Crippen LogP contribution in [-0.4, -0.2) is 34.2 Å². The molecule has 1 fully saturated rings. The van der Waals surface area contributed by atoms with Gasteiger partial charge in [0.05, 0.1) is 6.04 Å². The minimum Gasteiger partial charge on any atom is -0.478 e. The average molecular weight is 263 g/mol. The largest absolute Gasteiger partial charge is 0.478 e. The monoisotopic (exact) mass is 263 g/mol. The van der Waals surface area contributed by atoms with Gasteiger partial charge < -0.3 is 9.84 Å². The van der Waals surface area contributed by atoms with Gasteiger partial charge in [-0.3, -0.25) is 4.90 Å². The third kappa shape index (κ3) is 2.70. The molecule has 1 saturated heterocycles. The van der Waals surface area contributed by atoms with E-state index in [0.717, 1.165) is 5.56 Å². The number of amides is 1. The summed E-state index contributed by atoms with van der Waals surface area (Å²) in [5.74, 6) is -1.08. The second-order valence-corrected chi connectivity index (χ2v) is 4.99. The lowest BCUT2D eigenvalue weighted by Gasteiger charge is -2.26. The van der Waals surface area contributed by atoms with Gasteiger partial charge in [-0.2, -0.15) is 0 Å². The van der Waals surface area contributed by atoms with Crippen LogP contribution < -0.4 is 0 Å². The molecule has 0 aromatic heterocycles. The second kappa shape index (κ2) is 5.30. The van der Waals surface area contributed by atoms with E-state index in [-0.39, 0.29) is 5.92 Å². The maximum Gasteiger partial charge on any atom is 0.411 e. The number of cyclic esters (lactones) is 1. The Hall–Kier alpha value is -2.04. The van der Waals surface area contributed by atoms with Crippen molar-refractivity contribution in [3.63, 3.8) is 0 Å².